The molecule has 0 aliphatic rings. The first kappa shape index (κ1) is 13.4. The van der Waals surface area contributed by atoms with Crippen molar-refractivity contribution in [1.82, 2.24) is 4.98 Å². The van der Waals surface area contributed by atoms with Crippen LogP contribution in [0.15, 0.2) is 54.7 Å². The predicted octanol–water partition coefficient (Wildman–Crippen LogP) is 4.62. The van der Waals surface area contributed by atoms with Gasteiger partial charge in [0.2, 0.25) is 0 Å². The van der Waals surface area contributed by atoms with Crippen molar-refractivity contribution in [2.45, 2.75) is 6.10 Å². The zero-order chi connectivity index (χ0) is 14.1. The first-order valence-electron chi connectivity index (χ1n) is 6.14. The molecule has 0 amide bonds. The Hall–Kier alpha value is -1.61. The number of benzene rings is 2. The van der Waals surface area contributed by atoms with Crippen molar-refractivity contribution in [3.05, 3.63) is 75.9 Å². The highest BCUT2D eigenvalue weighted by atomic mass is 35.5. The molecule has 3 aromatic rings. The molecular formula is C16H11Cl2NO. The number of pyridine rings is 1. The van der Waals surface area contributed by atoms with E-state index >= 15 is 0 Å². The monoisotopic (exact) mass is 303 g/mol. The highest BCUT2D eigenvalue weighted by Crippen LogP contribution is 2.35. The third-order valence-electron chi connectivity index (χ3n) is 3.25. The van der Waals surface area contributed by atoms with Crippen LogP contribution in [0.1, 0.15) is 17.2 Å². The number of hydrogen-bond donors (Lipinski definition) is 1. The number of aliphatic hydroxyl groups excluding tert-OH is 1. The summed E-state index contributed by atoms with van der Waals surface area (Å²) in [6, 6.07) is 14.7. The summed E-state index contributed by atoms with van der Waals surface area (Å²) in [6.45, 7) is 0. The molecule has 1 heterocycles. The maximum atomic E-state index is 10.6. The summed E-state index contributed by atoms with van der Waals surface area (Å²) in [7, 11) is 0. The van der Waals surface area contributed by atoms with E-state index in [-0.39, 0.29) is 0 Å². The molecule has 0 saturated heterocycles. The SMILES string of the molecule is OC(c1cccc(Cl)c1Cl)c1cccc2ncccc12. The molecular weight excluding hydrogens is 293 g/mol. The number of rotatable bonds is 2. The quantitative estimate of drug-likeness (QED) is 0.749. The Morgan fingerprint density at radius 3 is 2.50 bits per heavy atom. The molecule has 100 valence electrons. The summed E-state index contributed by atoms with van der Waals surface area (Å²) >= 11 is 12.2. The molecule has 3 rings (SSSR count). The number of fused-ring (bicyclic) bond motifs is 1. The first-order valence-corrected chi connectivity index (χ1v) is 6.89. The Balaban J connectivity index is 2.18. The van der Waals surface area contributed by atoms with Gasteiger partial charge in [-0.1, -0.05) is 53.5 Å². The molecule has 0 bridgehead atoms. The third kappa shape index (κ3) is 2.27. The smallest absolute Gasteiger partial charge is 0.106 e. The molecule has 4 heteroatoms. The van der Waals surface area contributed by atoms with Gasteiger partial charge in [-0.3, -0.25) is 4.98 Å². The van der Waals surface area contributed by atoms with Crippen molar-refractivity contribution in [3.63, 3.8) is 0 Å². The summed E-state index contributed by atoms with van der Waals surface area (Å²) in [6.07, 6.45) is 0.888. The Kier molecular flexibility index (Phi) is 3.62. The number of nitrogens with zero attached hydrogens (tertiary/aromatic N) is 1. The van der Waals surface area contributed by atoms with Crippen LogP contribution in [0.2, 0.25) is 10.0 Å². The van der Waals surface area contributed by atoms with Gasteiger partial charge in [0, 0.05) is 17.1 Å². The summed E-state index contributed by atoms with van der Waals surface area (Å²) in [5.41, 5.74) is 2.19. The molecule has 0 radical (unpaired) electrons. The van der Waals surface area contributed by atoms with Gasteiger partial charge in [0.05, 0.1) is 15.6 Å². The molecule has 1 unspecified atom stereocenters. The van der Waals surface area contributed by atoms with Gasteiger partial charge in [0.1, 0.15) is 6.10 Å². The molecule has 1 atom stereocenters. The Labute approximate surface area is 126 Å². The van der Waals surface area contributed by atoms with Crippen LogP contribution in [0.25, 0.3) is 10.9 Å². The molecule has 1 N–H and O–H groups in total. The van der Waals surface area contributed by atoms with Gasteiger partial charge in [-0.05, 0) is 23.8 Å². The Morgan fingerprint density at radius 2 is 1.65 bits per heavy atom. The minimum atomic E-state index is -0.839. The summed E-state index contributed by atoms with van der Waals surface area (Å²) in [5.74, 6) is 0. The molecule has 20 heavy (non-hydrogen) atoms. The second-order valence-corrected chi connectivity index (χ2v) is 5.25. The lowest BCUT2D eigenvalue weighted by molar-refractivity contribution is 0.222. The third-order valence-corrected chi connectivity index (χ3v) is 4.08. The van der Waals surface area contributed by atoms with E-state index in [1.807, 2.05) is 30.3 Å². The van der Waals surface area contributed by atoms with Gasteiger partial charge in [-0.15, -0.1) is 0 Å². The predicted molar refractivity (Wildman–Crippen MR) is 82.3 cm³/mol. The molecule has 0 aliphatic carbocycles. The average Bonchev–Trinajstić information content (AvgIpc) is 2.49. The van der Waals surface area contributed by atoms with Gasteiger partial charge in [-0.2, -0.15) is 0 Å². The summed E-state index contributed by atoms with van der Waals surface area (Å²) in [5, 5.41) is 12.3. The average molecular weight is 304 g/mol. The minimum Gasteiger partial charge on any atom is -0.384 e. The lowest BCUT2D eigenvalue weighted by Gasteiger charge is -2.15. The van der Waals surface area contributed by atoms with Crippen LogP contribution >= 0.6 is 23.2 Å². The number of aliphatic hydroxyl groups is 1. The Bertz CT molecular complexity index is 768. The van der Waals surface area contributed by atoms with Crippen molar-refractivity contribution in [3.8, 4) is 0 Å². The maximum Gasteiger partial charge on any atom is 0.106 e. The van der Waals surface area contributed by atoms with Crippen molar-refractivity contribution < 1.29 is 5.11 Å². The van der Waals surface area contributed by atoms with E-state index in [1.54, 1.807) is 24.4 Å². The fraction of sp³-hybridized carbons (Fsp3) is 0.0625. The van der Waals surface area contributed by atoms with E-state index in [1.165, 1.54) is 0 Å². The van der Waals surface area contributed by atoms with Gasteiger partial charge in [0.15, 0.2) is 0 Å². The van der Waals surface area contributed by atoms with Gasteiger partial charge in [-0.25, -0.2) is 0 Å². The Morgan fingerprint density at radius 1 is 0.900 bits per heavy atom. The van der Waals surface area contributed by atoms with E-state index in [0.29, 0.717) is 15.6 Å². The van der Waals surface area contributed by atoms with Crippen LogP contribution in [-0.2, 0) is 0 Å². The zero-order valence-electron chi connectivity index (χ0n) is 10.4. The van der Waals surface area contributed by atoms with Crippen LogP contribution in [0, 0.1) is 0 Å². The second-order valence-electron chi connectivity index (χ2n) is 4.46. The van der Waals surface area contributed by atoms with Crippen molar-refractivity contribution >= 4 is 34.1 Å². The highest BCUT2D eigenvalue weighted by molar-refractivity contribution is 6.42. The largest absolute Gasteiger partial charge is 0.384 e. The lowest BCUT2D eigenvalue weighted by Crippen LogP contribution is -2.02. The molecule has 2 nitrogen and oxygen atoms in total. The van der Waals surface area contributed by atoms with Gasteiger partial charge in [0.25, 0.3) is 0 Å². The van der Waals surface area contributed by atoms with E-state index in [4.69, 9.17) is 23.2 Å². The summed E-state index contributed by atoms with van der Waals surface area (Å²) < 4.78 is 0. The molecule has 0 spiro atoms. The molecule has 2 aromatic carbocycles. The minimum absolute atomic E-state index is 0.377. The van der Waals surface area contributed by atoms with Crippen molar-refractivity contribution in [2.24, 2.45) is 0 Å². The molecule has 0 saturated carbocycles. The van der Waals surface area contributed by atoms with E-state index in [9.17, 15) is 5.11 Å². The fourth-order valence-corrected chi connectivity index (χ4v) is 2.68. The second kappa shape index (κ2) is 5.41. The van der Waals surface area contributed by atoms with Gasteiger partial charge >= 0.3 is 0 Å². The van der Waals surface area contributed by atoms with E-state index in [2.05, 4.69) is 4.98 Å². The first-order chi connectivity index (χ1) is 9.68. The van der Waals surface area contributed by atoms with Crippen LogP contribution in [0.4, 0.5) is 0 Å². The number of aromatic nitrogens is 1. The number of hydrogen-bond acceptors (Lipinski definition) is 2. The highest BCUT2D eigenvalue weighted by Gasteiger charge is 2.17. The maximum absolute atomic E-state index is 10.6. The van der Waals surface area contributed by atoms with E-state index in [0.717, 1.165) is 16.5 Å². The van der Waals surface area contributed by atoms with Gasteiger partial charge < -0.3 is 5.11 Å². The van der Waals surface area contributed by atoms with Crippen LogP contribution in [0.5, 0.6) is 0 Å². The van der Waals surface area contributed by atoms with Crippen molar-refractivity contribution in [2.75, 3.05) is 0 Å². The fourth-order valence-electron chi connectivity index (χ4n) is 2.26. The van der Waals surface area contributed by atoms with Crippen LogP contribution in [0.3, 0.4) is 0 Å². The molecule has 0 fully saturated rings. The normalized spacial score (nSPS) is 12.6. The zero-order valence-corrected chi connectivity index (χ0v) is 11.9. The topological polar surface area (TPSA) is 33.1 Å². The number of halogens is 2. The molecule has 1 aromatic heterocycles. The standard InChI is InChI=1S/C16H11Cl2NO/c17-13-7-1-5-12(15(13)18)16(20)11-4-2-8-14-10(11)6-3-9-19-14/h1-9,16,20H. The molecule has 0 aliphatic heterocycles. The lowest BCUT2D eigenvalue weighted by atomic mass is 9.97. The van der Waals surface area contributed by atoms with E-state index < -0.39 is 6.10 Å². The van der Waals surface area contributed by atoms with Crippen molar-refractivity contribution in [1.29, 1.82) is 0 Å². The summed E-state index contributed by atoms with van der Waals surface area (Å²) in [4.78, 5) is 4.29. The van der Waals surface area contributed by atoms with Crippen LogP contribution in [-0.4, -0.2) is 10.1 Å². The van der Waals surface area contributed by atoms with Crippen LogP contribution < -0.4 is 0 Å².